The molecule has 1 saturated heterocycles. The number of nitrogens with zero attached hydrogens (tertiary/aromatic N) is 2. The van der Waals surface area contributed by atoms with Crippen molar-refractivity contribution >= 4 is 11.1 Å². The molecule has 5 heteroatoms. The highest BCUT2D eigenvalue weighted by Crippen LogP contribution is 2.29. The quantitative estimate of drug-likeness (QED) is 0.882. The first-order valence-corrected chi connectivity index (χ1v) is 7.13. The molecule has 1 atom stereocenters. The zero-order valence-corrected chi connectivity index (χ0v) is 11.4. The van der Waals surface area contributed by atoms with Crippen LogP contribution in [-0.2, 0) is 0 Å². The van der Waals surface area contributed by atoms with Gasteiger partial charge < -0.3 is 14.6 Å². The zero-order valence-electron chi connectivity index (χ0n) is 11.4. The van der Waals surface area contributed by atoms with Crippen LogP contribution in [0.3, 0.4) is 0 Å². The summed E-state index contributed by atoms with van der Waals surface area (Å²) in [6, 6.07) is 7.60. The third kappa shape index (κ3) is 2.57. The maximum Gasteiger partial charge on any atom is 0.199 e. The fraction of sp³-hybridized carbons (Fsp3) is 0.533. The van der Waals surface area contributed by atoms with Crippen LogP contribution in [0.1, 0.15) is 24.7 Å². The van der Waals surface area contributed by atoms with Gasteiger partial charge in [0.2, 0.25) is 0 Å². The van der Waals surface area contributed by atoms with Gasteiger partial charge in [-0.1, -0.05) is 12.1 Å². The molecular weight excluding hydrogens is 256 g/mol. The number of piperidine rings is 1. The van der Waals surface area contributed by atoms with Crippen molar-refractivity contribution in [2.45, 2.75) is 24.8 Å². The molecule has 2 N–H and O–H groups in total. The van der Waals surface area contributed by atoms with Gasteiger partial charge in [-0.15, -0.1) is 0 Å². The summed E-state index contributed by atoms with van der Waals surface area (Å²) in [5.74, 6) is 1.00. The Morgan fingerprint density at radius 2 is 2.10 bits per heavy atom. The Labute approximate surface area is 117 Å². The Bertz CT molecular complexity index is 532. The largest absolute Gasteiger partial charge is 0.440 e. The molecule has 1 aromatic carbocycles. The molecule has 0 spiro atoms. The summed E-state index contributed by atoms with van der Waals surface area (Å²) >= 11 is 0. The Morgan fingerprint density at radius 1 is 1.30 bits per heavy atom. The van der Waals surface area contributed by atoms with Gasteiger partial charge in [-0.05, 0) is 31.5 Å². The first kappa shape index (κ1) is 13.5. The van der Waals surface area contributed by atoms with Gasteiger partial charge in [0.25, 0.3) is 0 Å². The van der Waals surface area contributed by atoms with Crippen molar-refractivity contribution in [2.75, 3.05) is 26.3 Å². The highest BCUT2D eigenvalue weighted by atomic mass is 16.3. The van der Waals surface area contributed by atoms with E-state index in [1.165, 1.54) is 0 Å². The maximum atomic E-state index is 9.31. The minimum atomic E-state index is -0.179. The van der Waals surface area contributed by atoms with E-state index in [0.717, 1.165) is 42.9 Å². The first-order valence-electron chi connectivity index (χ1n) is 7.13. The molecule has 0 bridgehead atoms. The monoisotopic (exact) mass is 276 g/mol. The second-order valence-electron chi connectivity index (χ2n) is 5.37. The predicted molar refractivity (Wildman–Crippen MR) is 75.5 cm³/mol. The molecule has 20 heavy (non-hydrogen) atoms. The molecule has 1 aliphatic rings. The summed E-state index contributed by atoms with van der Waals surface area (Å²) in [6.07, 6.45) is 2.06. The Morgan fingerprint density at radius 3 is 2.85 bits per heavy atom. The Hall–Kier alpha value is -1.43. The summed E-state index contributed by atoms with van der Waals surface area (Å²) in [7, 11) is 0. The number of oxazole rings is 1. The lowest BCUT2D eigenvalue weighted by Crippen LogP contribution is -2.45. The van der Waals surface area contributed by atoms with E-state index in [0.29, 0.717) is 0 Å². The molecule has 5 nitrogen and oxygen atoms in total. The number of rotatable bonds is 4. The highest BCUT2D eigenvalue weighted by Gasteiger charge is 2.28. The van der Waals surface area contributed by atoms with Crippen molar-refractivity contribution < 1.29 is 14.6 Å². The number of para-hydroxylation sites is 2. The van der Waals surface area contributed by atoms with Crippen LogP contribution < -0.4 is 0 Å². The number of benzene rings is 1. The molecule has 0 saturated carbocycles. The van der Waals surface area contributed by atoms with Gasteiger partial charge in [-0.3, -0.25) is 4.90 Å². The van der Waals surface area contributed by atoms with E-state index < -0.39 is 0 Å². The van der Waals surface area contributed by atoms with Crippen LogP contribution in [0.2, 0.25) is 0 Å². The van der Waals surface area contributed by atoms with Gasteiger partial charge in [0.15, 0.2) is 11.5 Å². The van der Waals surface area contributed by atoms with Crippen LogP contribution in [0.25, 0.3) is 11.1 Å². The maximum absolute atomic E-state index is 9.31. The SMILES string of the molecule is OCC(CO)N1CCC[C@H](c2nc3ccccc3o2)C1. The van der Waals surface area contributed by atoms with Gasteiger partial charge in [0.1, 0.15) is 5.52 Å². The normalized spacial score (nSPS) is 20.9. The summed E-state index contributed by atoms with van der Waals surface area (Å²) in [5, 5.41) is 18.6. The van der Waals surface area contributed by atoms with Gasteiger partial charge in [0.05, 0.1) is 19.3 Å². The molecule has 1 aliphatic heterocycles. The van der Waals surface area contributed by atoms with Crippen molar-refractivity contribution in [3.63, 3.8) is 0 Å². The van der Waals surface area contributed by atoms with E-state index in [4.69, 9.17) is 4.42 Å². The van der Waals surface area contributed by atoms with Crippen LogP contribution in [-0.4, -0.2) is 52.4 Å². The topological polar surface area (TPSA) is 69.7 Å². The Balaban J connectivity index is 1.79. The summed E-state index contributed by atoms with van der Waals surface area (Å²) < 4.78 is 5.84. The number of fused-ring (bicyclic) bond motifs is 1. The van der Waals surface area contributed by atoms with Crippen LogP contribution in [0.5, 0.6) is 0 Å². The van der Waals surface area contributed by atoms with Gasteiger partial charge in [-0.2, -0.15) is 0 Å². The lowest BCUT2D eigenvalue weighted by atomic mass is 9.97. The lowest BCUT2D eigenvalue weighted by molar-refractivity contribution is 0.0521. The van der Waals surface area contributed by atoms with Crippen molar-refractivity contribution in [1.82, 2.24) is 9.88 Å². The smallest absolute Gasteiger partial charge is 0.199 e. The minimum absolute atomic E-state index is 0.0171. The van der Waals surface area contributed by atoms with E-state index in [9.17, 15) is 10.2 Å². The van der Waals surface area contributed by atoms with Gasteiger partial charge >= 0.3 is 0 Å². The summed E-state index contributed by atoms with van der Waals surface area (Å²) in [4.78, 5) is 6.69. The van der Waals surface area contributed by atoms with E-state index in [-0.39, 0.29) is 25.2 Å². The average molecular weight is 276 g/mol. The minimum Gasteiger partial charge on any atom is -0.440 e. The molecule has 3 rings (SSSR count). The van der Waals surface area contributed by atoms with E-state index >= 15 is 0 Å². The third-order valence-electron chi connectivity index (χ3n) is 4.05. The van der Waals surface area contributed by atoms with E-state index in [2.05, 4.69) is 9.88 Å². The Kier molecular flexibility index (Phi) is 4.00. The van der Waals surface area contributed by atoms with Crippen molar-refractivity contribution in [3.05, 3.63) is 30.2 Å². The van der Waals surface area contributed by atoms with Crippen molar-refractivity contribution in [3.8, 4) is 0 Å². The third-order valence-corrected chi connectivity index (χ3v) is 4.05. The van der Waals surface area contributed by atoms with Crippen LogP contribution in [0, 0.1) is 0 Å². The predicted octanol–water partition coefficient (Wildman–Crippen LogP) is 1.36. The second-order valence-corrected chi connectivity index (χ2v) is 5.37. The highest BCUT2D eigenvalue weighted by molar-refractivity contribution is 5.72. The van der Waals surface area contributed by atoms with Crippen molar-refractivity contribution in [1.29, 1.82) is 0 Å². The molecular formula is C15H20N2O3. The molecule has 0 radical (unpaired) electrons. The number of aliphatic hydroxyl groups is 2. The number of aromatic nitrogens is 1. The van der Waals surface area contributed by atoms with Gasteiger partial charge in [-0.25, -0.2) is 4.98 Å². The number of likely N-dealkylation sites (tertiary alicyclic amines) is 1. The number of hydrogen-bond acceptors (Lipinski definition) is 5. The molecule has 1 aromatic heterocycles. The van der Waals surface area contributed by atoms with Crippen molar-refractivity contribution in [2.24, 2.45) is 0 Å². The molecule has 0 aliphatic carbocycles. The fourth-order valence-corrected chi connectivity index (χ4v) is 2.89. The van der Waals surface area contributed by atoms with Gasteiger partial charge in [0, 0.05) is 12.5 Å². The molecule has 2 aromatic rings. The van der Waals surface area contributed by atoms with E-state index in [1.54, 1.807) is 0 Å². The van der Waals surface area contributed by atoms with Crippen LogP contribution >= 0.6 is 0 Å². The van der Waals surface area contributed by atoms with E-state index in [1.807, 2.05) is 24.3 Å². The lowest BCUT2D eigenvalue weighted by Gasteiger charge is -2.35. The molecule has 0 amide bonds. The molecule has 2 heterocycles. The number of aliphatic hydroxyl groups excluding tert-OH is 2. The van der Waals surface area contributed by atoms with Crippen LogP contribution in [0.4, 0.5) is 0 Å². The molecule has 0 unspecified atom stereocenters. The van der Waals surface area contributed by atoms with Crippen LogP contribution in [0.15, 0.2) is 28.7 Å². The molecule has 1 fully saturated rings. The summed E-state index contributed by atoms with van der Waals surface area (Å²) in [5.41, 5.74) is 1.71. The number of hydrogen-bond donors (Lipinski definition) is 2. The first-order chi connectivity index (χ1) is 9.81. The average Bonchev–Trinajstić information content (AvgIpc) is 2.93. The zero-order chi connectivity index (χ0) is 13.9. The summed E-state index contributed by atoms with van der Waals surface area (Å²) in [6.45, 7) is 1.65. The second kappa shape index (κ2) is 5.91. The standard InChI is InChI=1S/C15H20N2O3/c18-9-12(10-19)17-7-3-4-11(8-17)15-16-13-5-1-2-6-14(13)20-15/h1-2,5-6,11-12,18-19H,3-4,7-10H2/t11-/m0/s1. The fourth-order valence-electron chi connectivity index (χ4n) is 2.89. The molecule has 108 valence electrons.